The molecule has 0 N–H and O–H groups in total. The Bertz CT molecular complexity index is 1220. The summed E-state index contributed by atoms with van der Waals surface area (Å²) in [6.45, 7) is 2.37. The summed E-state index contributed by atoms with van der Waals surface area (Å²) in [4.78, 5) is 20.0. The Hall–Kier alpha value is -2.60. The van der Waals surface area contributed by atoms with Crippen LogP contribution in [0.15, 0.2) is 60.7 Å². The lowest BCUT2D eigenvalue weighted by atomic mass is 10.1. The monoisotopic (exact) mass is 456 g/mol. The lowest BCUT2D eigenvalue weighted by Gasteiger charge is -2.21. The second-order valence-electron chi connectivity index (χ2n) is 6.76. The van der Waals surface area contributed by atoms with E-state index in [4.69, 9.17) is 32.9 Å². The quantitative estimate of drug-likeness (QED) is 0.332. The zero-order valence-electron chi connectivity index (χ0n) is 16.4. The Labute approximate surface area is 188 Å². The number of hydrogen-bond acceptors (Lipinski definition) is 4. The molecule has 0 bridgehead atoms. The number of fused-ring (bicyclic) bond motifs is 1. The van der Waals surface area contributed by atoms with Gasteiger partial charge in [0, 0.05) is 5.02 Å². The largest absolute Gasteiger partial charge is 0.494 e. The van der Waals surface area contributed by atoms with Gasteiger partial charge < -0.3 is 4.74 Å². The molecule has 0 atom stereocenters. The van der Waals surface area contributed by atoms with E-state index in [-0.39, 0.29) is 5.91 Å². The first kappa shape index (κ1) is 20.7. The minimum atomic E-state index is -0.262. The SMILES string of the molecule is COc1ccc(C)c2sc(N(Cc3ccccc3)C(=O)c3cc(Cl)ccc3Cl)nc12. The Morgan fingerprint density at radius 1 is 1.10 bits per heavy atom. The van der Waals surface area contributed by atoms with Gasteiger partial charge in [-0.15, -0.1) is 0 Å². The number of anilines is 1. The number of ether oxygens (including phenoxy) is 1. The first-order valence-corrected chi connectivity index (χ1v) is 10.8. The van der Waals surface area contributed by atoms with Crippen molar-refractivity contribution in [2.75, 3.05) is 12.0 Å². The van der Waals surface area contributed by atoms with Gasteiger partial charge in [-0.2, -0.15) is 0 Å². The first-order chi connectivity index (χ1) is 14.5. The molecule has 0 saturated carbocycles. The molecule has 0 fully saturated rings. The molecule has 3 aromatic carbocycles. The third-order valence-corrected chi connectivity index (χ3v) is 6.51. The number of halogens is 2. The van der Waals surface area contributed by atoms with E-state index in [0.29, 0.717) is 33.0 Å². The van der Waals surface area contributed by atoms with E-state index in [9.17, 15) is 4.79 Å². The summed E-state index contributed by atoms with van der Waals surface area (Å²) < 4.78 is 6.46. The fraction of sp³-hybridized carbons (Fsp3) is 0.130. The molecule has 0 spiro atoms. The highest BCUT2D eigenvalue weighted by Gasteiger charge is 2.25. The van der Waals surface area contributed by atoms with Crippen molar-refractivity contribution in [1.29, 1.82) is 0 Å². The molecule has 1 amide bonds. The standard InChI is InChI=1S/C23H18Cl2N2O2S/c1-14-8-11-19(29-2)20-21(14)30-23(26-20)27(13-15-6-4-3-5-7-15)22(28)17-12-16(24)9-10-18(17)25/h3-12H,13H2,1-2H3. The summed E-state index contributed by atoms with van der Waals surface area (Å²) in [6, 6.07) is 18.5. The summed E-state index contributed by atoms with van der Waals surface area (Å²) in [5.74, 6) is 0.410. The average Bonchev–Trinajstić information content (AvgIpc) is 3.20. The summed E-state index contributed by atoms with van der Waals surface area (Å²) in [7, 11) is 1.61. The molecule has 0 aliphatic heterocycles. The van der Waals surface area contributed by atoms with Gasteiger partial charge in [-0.05, 0) is 42.3 Å². The highest BCUT2D eigenvalue weighted by Crippen LogP contribution is 2.38. The molecule has 0 radical (unpaired) electrons. The smallest absolute Gasteiger partial charge is 0.261 e. The number of aromatic nitrogens is 1. The lowest BCUT2D eigenvalue weighted by molar-refractivity contribution is 0.0985. The van der Waals surface area contributed by atoms with E-state index in [1.807, 2.05) is 49.4 Å². The first-order valence-electron chi connectivity index (χ1n) is 9.23. The third kappa shape index (κ3) is 4.01. The van der Waals surface area contributed by atoms with E-state index in [1.165, 1.54) is 11.3 Å². The van der Waals surface area contributed by atoms with Crippen LogP contribution in [0, 0.1) is 6.92 Å². The predicted molar refractivity (Wildman–Crippen MR) is 124 cm³/mol. The highest BCUT2D eigenvalue weighted by molar-refractivity contribution is 7.22. The van der Waals surface area contributed by atoms with Crippen molar-refractivity contribution in [3.05, 3.63) is 87.4 Å². The van der Waals surface area contributed by atoms with Crippen LogP contribution < -0.4 is 9.64 Å². The van der Waals surface area contributed by atoms with Crippen LogP contribution in [0.3, 0.4) is 0 Å². The van der Waals surface area contributed by atoms with Crippen LogP contribution in [-0.4, -0.2) is 18.0 Å². The van der Waals surface area contributed by atoms with Crippen LogP contribution in [0.2, 0.25) is 10.0 Å². The van der Waals surface area contributed by atoms with Gasteiger partial charge >= 0.3 is 0 Å². The predicted octanol–water partition coefficient (Wildman–Crippen LogP) is 6.77. The van der Waals surface area contributed by atoms with Crippen LogP contribution in [-0.2, 0) is 6.54 Å². The van der Waals surface area contributed by atoms with Crippen molar-refractivity contribution in [3.8, 4) is 5.75 Å². The molecule has 4 nitrogen and oxygen atoms in total. The minimum absolute atomic E-state index is 0.262. The minimum Gasteiger partial charge on any atom is -0.494 e. The van der Waals surface area contributed by atoms with Crippen LogP contribution in [0.1, 0.15) is 21.5 Å². The zero-order chi connectivity index (χ0) is 21.3. The number of rotatable bonds is 5. The van der Waals surface area contributed by atoms with Gasteiger partial charge in [-0.3, -0.25) is 9.69 Å². The van der Waals surface area contributed by atoms with Crippen molar-refractivity contribution in [2.45, 2.75) is 13.5 Å². The van der Waals surface area contributed by atoms with Crippen molar-refractivity contribution < 1.29 is 9.53 Å². The maximum Gasteiger partial charge on any atom is 0.261 e. The number of carbonyl (C=O) groups excluding carboxylic acids is 1. The van der Waals surface area contributed by atoms with Crippen molar-refractivity contribution >= 4 is 55.8 Å². The summed E-state index contributed by atoms with van der Waals surface area (Å²) >= 11 is 13.9. The molecule has 30 heavy (non-hydrogen) atoms. The molecule has 0 unspecified atom stereocenters. The molecular weight excluding hydrogens is 439 g/mol. The van der Waals surface area contributed by atoms with Gasteiger partial charge in [0.2, 0.25) is 0 Å². The van der Waals surface area contributed by atoms with Crippen molar-refractivity contribution in [1.82, 2.24) is 4.98 Å². The number of thiazole rings is 1. The second kappa shape index (κ2) is 8.64. The Kier molecular flexibility index (Phi) is 5.95. The summed E-state index contributed by atoms with van der Waals surface area (Å²) in [5, 5.41) is 1.36. The fourth-order valence-electron chi connectivity index (χ4n) is 3.18. The van der Waals surface area contributed by atoms with E-state index < -0.39 is 0 Å². The van der Waals surface area contributed by atoms with Gasteiger partial charge in [0.25, 0.3) is 5.91 Å². The number of methoxy groups -OCH3 is 1. The van der Waals surface area contributed by atoms with Crippen LogP contribution in [0.25, 0.3) is 10.2 Å². The third-order valence-electron chi connectivity index (χ3n) is 4.73. The molecular formula is C23H18Cl2N2O2S. The maximum atomic E-state index is 13.6. The van der Waals surface area contributed by atoms with Gasteiger partial charge in [0.05, 0.1) is 28.9 Å². The van der Waals surface area contributed by atoms with Crippen LogP contribution in [0.4, 0.5) is 5.13 Å². The van der Waals surface area contributed by atoms with Gasteiger partial charge in [-0.1, -0.05) is 70.9 Å². The van der Waals surface area contributed by atoms with Crippen molar-refractivity contribution in [2.24, 2.45) is 0 Å². The average molecular weight is 457 g/mol. The lowest BCUT2D eigenvalue weighted by Crippen LogP contribution is -2.30. The van der Waals surface area contributed by atoms with E-state index >= 15 is 0 Å². The zero-order valence-corrected chi connectivity index (χ0v) is 18.7. The number of aryl methyl sites for hydroxylation is 1. The molecule has 152 valence electrons. The fourth-order valence-corrected chi connectivity index (χ4v) is 4.60. The molecule has 4 aromatic rings. The van der Waals surface area contributed by atoms with E-state index in [2.05, 4.69) is 0 Å². The van der Waals surface area contributed by atoms with Crippen molar-refractivity contribution in [3.63, 3.8) is 0 Å². The number of nitrogens with zero attached hydrogens (tertiary/aromatic N) is 2. The molecule has 0 saturated heterocycles. The second-order valence-corrected chi connectivity index (χ2v) is 8.58. The van der Waals surface area contributed by atoms with Crippen LogP contribution >= 0.6 is 34.5 Å². The molecule has 1 aromatic heterocycles. The number of carbonyl (C=O) groups is 1. The molecule has 7 heteroatoms. The topological polar surface area (TPSA) is 42.4 Å². The Balaban J connectivity index is 1.85. The summed E-state index contributed by atoms with van der Waals surface area (Å²) in [5.41, 5.74) is 3.12. The van der Waals surface area contributed by atoms with Gasteiger partial charge in [-0.25, -0.2) is 4.98 Å². The Morgan fingerprint density at radius 3 is 2.60 bits per heavy atom. The number of amides is 1. The van der Waals surface area contributed by atoms with E-state index in [1.54, 1.807) is 30.2 Å². The number of benzene rings is 3. The molecule has 4 rings (SSSR count). The maximum absolute atomic E-state index is 13.6. The molecule has 0 aliphatic carbocycles. The molecule has 1 heterocycles. The van der Waals surface area contributed by atoms with E-state index in [0.717, 1.165) is 21.3 Å². The molecule has 0 aliphatic rings. The van der Waals surface area contributed by atoms with Gasteiger partial charge in [0.1, 0.15) is 11.3 Å². The normalized spacial score (nSPS) is 10.9. The van der Waals surface area contributed by atoms with Crippen LogP contribution in [0.5, 0.6) is 5.75 Å². The van der Waals surface area contributed by atoms with Gasteiger partial charge in [0.15, 0.2) is 5.13 Å². The Morgan fingerprint density at radius 2 is 1.87 bits per heavy atom. The number of hydrogen-bond donors (Lipinski definition) is 0. The highest BCUT2D eigenvalue weighted by atomic mass is 35.5. The summed E-state index contributed by atoms with van der Waals surface area (Å²) in [6.07, 6.45) is 0.